The van der Waals surface area contributed by atoms with Crippen LogP contribution in [0.1, 0.15) is 49.9 Å². The van der Waals surface area contributed by atoms with Crippen molar-refractivity contribution in [3.05, 3.63) is 156 Å². The van der Waals surface area contributed by atoms with Crippen molar-refractivity contribution in [2.45, 2.75) is 38.5 Å². The summed E-state index contributed by atoms with van der Waals surface area (Å²) >= 11 is 0. The van der Waals surface area contributed by atoms with Crippen molar-refractivity contribution in [3.63, 3.8) is 0 Å². The maximum atomic E-state index is 4.63. The van der Waals surface area contributed by atoms with E-state index in [1.54, 1.807) is 12.4 Å². The Morgan fingerprint density at radius 1 is 0.375 bits per heavy atom. The molecule has 0 radical (unpaired) electrons. The van der Waals surface area contributed by atoms with Crippen LogP contribution in [0, 0.1) is 0 Å². The number of pyridine rings is 4. The van der Waals surface area contributed by atoms with Crippen LogP contribution in [0.15, 0.2) is 134 Å². The predicted octanol–water partition coefficient (Wildman–Crippen LogP) is 10.5. The van der Waals surface area contributed by atoms with Crippen LogP contribution in [0.25, 0.3) is 67.0 Å². The first kappa shape index (κ1) is 28.5. The van der Waals surface area contributed by atoms with Gasteiger partial charge in [0.15, 0.2) is 0 Å². The lowest BCUT2D eigenvalue weighted by molar-refractivity contribution is 0.652. The maximum absolute atomic E-state index is 4.63. The highest BCUT2D eigenvalue weighted by molar-refractivity contribution is 5.91. The van der Waals surface area contributed by atoms with Gasteiger partial charge in [-0.15, -0.1) is 0 Å². The third-order valence-corrected chi connectivity index (χ3v) is 10.6. The van der Waals surface area contributed by atoms with Gasteiger partial charge in [0, 0.05) is 59.1 Å². The monoisotopic (exact) mass is 618 g/mol. The van der Waals surface area contributed by atoms with Crippen LogP contribution >= 0.6 is 0 Å². The molecule has 230 valence electrons. The Kier molecular flexibility index (Phi) is 6.16. The van der Waals surface area contributed by atoms with Gasteiger partial charge in [-0.1, -0.05) is 52.0 Å². The summed E-state index contributed by atoms with van der Waals surface area (Å²) in [6, 6.07) is 35.5. The van der Waals surface area contributed by atoms with Crippen molar-refractivity contribution < 1.29 is 0 Å². The molecule has 4 aromatic heterocycles. The standard InChI is InChI=1S/C44H34N4/c1-43(2)37-19-27(29-13-17-47-41(21-29)31-7-5-15-45-25-31)9-11-33(37)35-24-40-36(23-39(35)43)34-12-10-28(20-38(34)44(40,3)4)30-14-18-48-42(22-30)32-8-6-16-46-26-32/h5-26H,1-4H3. The Labute approximate surface area is 281 Å². The van der Waals surface area contributed by atoms with Gasteiger partial charge < -0.3 is 0 Å². The summed E-state index contributed by atoms with van der Waals surface area (Å²) in [6.45, 7) is 9.48. The molecule has 0 amide bonds. The number of rotatable bonds is 4. The molecule has 0 fully saturated rings. The summed E-state index contributed by atoms with van der Waals surface area (Å²) in [7, 11) is 0. The quantitative estimate of drug-likeness (QED) is 0.197. The molecule has 2 aliphatic carbocycles. The summed E-state index contributed by atoms with van der Waals surface area (Å²) in [6.07, 6.45) is 11.1. The largest absolute Gasteiger partial charge is 0.264 e. The molecule has 0 atom stereocenters. The molecule has 0 unspecified atom stereocenters. The average molecular weight is 619 g/mol. The Morgan fingerprint density at radius 3 is 1.21 bits per heavy atom. The Balaban J connectivity index is 1.10. The molecule has 2 aliphatic rings. The normalized spacial score (nSPS) is 14.6. The third kappa shape index (κ3) is 4.29. The van der Waals surface area contributed by atoms with E-state index >= 15 is 0 Å². The first-order valence-corrected chi connectivity index (χ1v) is 16.5. The van der Waals surface area contributed by atoms with Gasteiger partial charge in [-0.2, -0.15) is 0 Å². The van der Waals surface area contributed by atoms with Crippen molar-refractivity contribution in [1.82, 2.24) is 19.9 Å². The first-order valence-electron chi connectivity index (χ1n) is 16.5. The van der Waals surface area contributed by atoms with E-state index in [1.807, 2.05) is 36.9 Å². The van der Waals surface area contributed by atoms with Gasteiger partial charge in [-0.25, -0.2) is 0 Å². The SMILES string of the molecule is CC1(C)c2cc(-c3ccnc(-c4cccnc4)c3)ccc2-c2cc3c(cc21)-c1ccc(-c2ccnc(-c4cccnc4)c2)cc1C3(C)C. The molecule has 4 heterocycles. The highest BCUT2D eigenvalue weighted by Crippen LogP contribution is 2.56. The van der Waals surface area contributed by atoms with Gasteiger partial charge in [-0.05, 0) is 140 Å². The van der Waals surface area contributed by atoms with Crippen LogP contribution < -0.4 is 0 Å². The van der Waals surface area contributed by atoms with Gasteiger partial charge in [0.1, 0.15) is 0 Å². The Morgan fingerprint density at radius 2 is 0.792 bits per heavy atom. The molecule has 0 aliphatic heterocycles. The van der Waals surface area contributed by atoms with Crippen molar-refractivity contribution in [3.8, 4) is 67.0 Å². The number of nitrogens with zero attached hydrogens (tertiary/aromatic N) is 4. The van der Waals surface area contributed by atoms with Gasteiger partial charge in [0.25, 0.3) is 0 Å². The van der Waals surface area contributed by atoms with Crippen molar-refractivity contribution >= 4 is 0 Å². The molecule has 0 bridgehead atoms. The van der Waals surface area contributed by atoms with Gasteiger partial charge in [-0.3, -0.25) is 19.9 Å². The topological polar surface area (TPSA) is 51.6 Å². The number of hydrogen-bond donors (Lipinski definition) is 0. The lowest BCUT2D eigenvalue weighted by atomic mass is 9.79. The second-order valence-electron chi connectivity index (χ2n) is 14.1. The summed E-state index contributed by atoms with van der Waals surface area (Å²) in [5, 5.41) is 0. The first-order chi connectivity index (χ1) is 23.3. The fourth-order valence-electron chi connectivity index (χ4n) is 7.89. The molecule has 4 nitrogen and oxygen atoms in total. The second-order valence-corrected chi connectivity index (χ2v) is 14.1. The Bertz CT molecular complexity index is 2220. The second kappa shape index (κ2) is 10.4. The van der Waals surface area contributed by atoms with Gasteiger partial charge in [0.2, 0.25) is 0 Å². The number of benzene rings is 3. The number of aromatic nitrogens is 4. The molecule has 48 heavy (non-hydrogen) atoms. The molecule has 3 aromatic carbocycles. The lowest BCUT2D eigenvalue weighted by Crippen LogP contribution is -2.17. The van der Waals surface area contributed by atoms with Gasteiger partial charge >= 0.3 is 0 Å². The highest BCUT2D eigenvalue weighted by Gasteiger charge is 2.41. The molecular formula is C44H34N4. The zero-order valence-corrected chi connectivity index (χ0v) is 27.5. The molecule has 0 spiro atoms. The zero-order chi connectivity index (χ0) is 32.6. The van der Waals surface area contributed by atoms with Crippen LogP contribution in [-0.2, 0) is 10.8 Å². The van der Waals surface area contributed by atoms with Crippen LogP contribution in [0.5, 0.6) is 0 Å². The number of hydrogen-bond acceptors (Lipinski definition) is 4. The number of fused-ring (bicyclic) bond motifs is 6. The van der Waals surface area contributed by atoms with Crippen LogP contribution in [0.4, 0.5) is 0 Å². The summed E-state index contributed by atoms with van der Waals surface area (Å²) in [5.41, 5.74) is 19.2. The smallest absolute Gasteiger partial charge is 0.0723 e. The minimum absolute atomic E-state index is 0.137. The van der Waals surface area contributed by atoms with E-state index < -0.39 is 0 Å². The van der Waals surface area contributed by atoms with Crippen molar-refractivity contribution in [1.29, 1.82) is 0 Å². The molecule has 0 saturated heterocycles. The van der Waals surface area contributed by atoms with E-state index in [2.05, 4.69) is 133 Å². The molecule has 0 N–H and O–H groups in total. The van der Waals surface area contributed by atoms with E-state index in [0.717, 1.165) is 33.6 Å². The zero-order valence-electron chi connectivity index (χ0n) is 27.5. The van der Waals surface area contributed by atoms with Crippen molar-refractivity contribution in [2.75, 3.05) is 0 Å². The average Bonchev–Trinajstić information content (AvgIpc) is 3.50. The van der Waals surface area contributed by atoms with Crippen LogP contribution in [0.2, 0.25) is 0 Å². The van der Waals surface area contributed by atoms with Crippen LogP contribution in [-0.4, -0.2) is 19.9 Å². The lowest BCUT2D eigenvalue weighted by Gasteiger charge is -2.24. The van der Waals surface area contributed by atoms with E-state index in [-0.39, 0.29) is 10.8 Å². The Hall–Kier alpha value is -5.74. The fraction of sp³-hybridized carbons (Fsp3) is 0.136. The highest BCUT2D eigenvalue weighted by atomic mass is 14.7. The summed E-state index contributed by atoms with van der Waals surface area (Å²) < 4.78 is 0. The van der Waals surface area contributed by atoms with E-state index in [9.17, 15) is 0 Å². The van der Waals surface area contributed by atoms with E-state index in [4.69, 9.17) is 0 Å². The maximum Gasteiger partial charge on any atom is 0.0723 e. The fourth-order valence-corrected chi connectivity index (χ4v) is 7.89. The molecular weight excluding hydrogens is 585 g/mol. The third-order valence-electron chi connectivity index (χ3n) is 10.6. The molecule has 4 heteroatoms. The van der Waals surface area contributed by atoms with Crippen LogP contribution in [0.3, 0.4) is 0 Å². The van der Waals surface area contributed by atoms with Gasteiger partial charge in [0.05, 0.1) is 11.4 Å². The summed E-state index contributed by atoms with van der Waals surface area (Å²) in [4.78, 5) is 17.8. The minimum atomic E-state index is -0.137. The summed E-state index contributed by atoms with van der Waals surface area (Å²) in [5.74, 6) is 0. The molecule has 9 rings (SSSR count). The van der Waals surface area contributed by atoms with Crippen molar-refractivity contribution in [2.24, 2.45) is 0 Å². The van der Waals surface area contributed by atoms with E-state index in [0.29, 0.717) is 0 Å². The molecule has 7 aromatic rings. The van der Waals surface area contributed by atoms with E-state index in [1.165, 1.54) is 55.6 Å². The predicted molar refractivity (Wildman–Crippen MR) is 194 cm³/mol. The minimum Gasteiger partial charge on any atom is -0.264 e. The molecule has 0 saturated carbocycles.